The number of halogens is 1. The van der Waals surface area contributed by atoms with Gasteiger partial charge in [0.15, 0.2) is 18.4 Å². The van der Waals surface area contributed by atoms with Gasteiger partial charge in [-0.25, -0.2) is 9.36 Å². The minimum Gasteiger partial charge on any atom is -0.455 e. The number of aromatic nitrogens is 2. The van der Waals surface area contributed by atoms with Gasteiger partial charge in [-0.05, 0) is 23.2 Å². The van der Waals surface area contributed by atoms with Gasteiger partial charge < -0.3 is 14.2 Å². The van der Waals surface area contributed by atoms with Crippen LogP contribution in [0.25, 0.3) is 10.4 Å². The zero-order valence-corrected chi connectivity index (χ0v) is 25.8. The molecular formula is C26H31ClN5O11P. The summed E-state index contributed by atoms with van der Waals surface area (Å²) in [6, 6.07) is 7.70. The van der Waals surface area contributed by atoms with Crippen molar-refractivity contribution in [1.29, 1.82) is 0 Å². The second kappa shape index (κ2) is 13.7. The lowest BCUT2D eigenvalue weighted by Crippen LogP contribution is -2.49. The van der Waals surface area contributed by atoms with E-state index in [1.54, 1.807) is 24.3 Å². The van der Waals surface area contributed by atoms with Crippen LogP contribution in [0.3, 0.4) is 0 Å². The largest absolute Gasteiger partial charge is 0.475 e. The molecule has 0 aliphatic carbocycles. The van der Waals surface area contributed by atoms with Crippen molar-refractivity contribution in [2.75, 3.05) is 13.2 Å². The fourth-order valence-corrected chi connectivity index (χ4v) is 5.99. The number of hydrogen-bond donors (Lipinski definition) is 1. The van der Waals surface area contributed by atoms with Crippen molar-refractivity contribution in [2.45, 2.75) is 64.4 Å². The maximum Gasteiger partial charge on any atom is 0.475 e. The highest BCUT2D eigenvalue weighted by molar-refractivity contribution is 7.48. The van der Waals surface area contributed by atoms with E-state index in [0.717, 1.165) is 16.8 Å². The van der Waals surface area contributed by atoms with E-state index in [1.807, 2.05) is 0 Å². The van der Waals surface area contributed by atoms with Crippen molar-refractivity contribution in [3.8, 4) is 0 Å². The van der Waals surface area contributed by atoms with Crippen molar-refractivity contribution in [3.05, 3.63) is 78.4 Å². The molecule has 3 heterocycles. The summed E-state index contributed by atoms with van der Waals surface area (Å²) in [7, 11) is -4.39. The first-order valence-corrected chi connectivity index (χ1v) is 15.4. The second-order valence-corrected chi connectivity index (χ2v) is 12.7. The van der Waals surface area contributed by atoms with Crippen LogP contribution < -0.4 is 11.2 Å². The molecule has 1 aromatic carbocycles. The van der Waals surface area contributed by atoms with Crippen LogP contribution in [0.5, 0.6) is 0 Å². The van der Waals surface area contributed by atoms with E-state index < -0.39 is 79.7 Å². The van der Waals surface area contributed by atoms with Gasteiger partial charge in [0.2, 0.25) is 5.72 Å². The van der Waals surface area contributed by atoms with Crippen LogP contribution in [0.15, 0.2) is 51.2 Å². The van der Waals surface area contributed by atoms with Crippen LogP contribution in [-0.2, 0) is 41.9 Å². The number of benzene rings is 1. The van der Waals surface area contributed by atoms with E-state index >= 15 is 0 Å². The zero-order valence-electron chi connectivity index (χ0n) is 24.2. The number of phosphoric acid groups is 1. The van der Waals surface area contributed by atoms with Gasteiger partial charge >= 0.3 is 25.5 Å². The Morgan fingerprint density at radius 1 is 1.20 bits per heavy atom. The van der Waals surface area contributed by atoms with Gasteiger partial charge in [0.25, 0.3) is 5.56 Å². The monoisotopic (exact) mass is 655 g/mol. The Kier molecular flexibility index (Phi) is 10.4. The van der Waals surface area contributed by atoms with Gasteiger partial charge in [-0.3, -0.25) is 37.5 Å². The molecule has 2 saturated heterocycles. The fourth-order valence-electron chi connectivity index (χ4n) is 4.39. The van der Waals surface area contributed by atoms with E-state index in [9.17, 15) is 29.3 Å². The number of nitrogens with one attached hydrogen (secondary N) is 1. The number of carbonyl (C=O) groups excluding carboxylic acids is 2. The third-order valence-corrected chi connectivity index (χ3v) is 8.35. The molecule has 0 amide bonds. The minimum atomic E-state index is -4.39. The zero-order chi connectivity index (χ0) is 32.2. The molecule has 2 aliphatic rings. The molecule has 0 spiro atoms. The lowest BCUT2D eigenvalue weighted by Gasteiger charge is -2.33. The van der Waals surface area contributed by atoms with E-state index in [2.05, 4.69) is 15.0 Å². The summed E-state index contributed by atoms with van der Waals surface area (Å²) in [5, 5.41) is 4.13. The molecule has 0 radical (unpaired) electrons. The first kappa shape index (κ1) is 33.4. The molecule has 1 aromatic heterocycles. The highest BCUT2D eigenvalue weighted by Crippen LogP contribution is 2.58. The average Bonchev–Trinajstić information content (AvgIpc) is 3.24. The maximum absolute atomic E-state index is 13.7. The Morgan fingerprint density at radius 3 is 2.55 bits per heavy atom. The van der Waals surface area contributed by atoms with Crippen LogP contribution in [0.2, 0.25) is 5.02 Å². The van der Waals surface area contributed by atoms with Gasteiger partial charge in [0.1, 0.15) is 0 Å². The van der Waals surface area contributed by atoms with Crippen molar-refractivity contribution in [1.82, 2.24) is 9.55 Å². The normalized spacial score (nSPS) is 28.4. The predicted octanol–water partition coefficient (Wildman–Crippen LogP) is 4.16. The molecule has 16 nitrogen and oxygen atoms in total. The first-order valence-electron chi connectivity index (χ1n) is 13.6. The number of hydrogen-bond acceptors (Lipinski definition) is 12. The van der Waals surface area contributed by atoms with Gasteiger partial charge in [0.05, 0.1) is 31.2 Å². The topological polar surface area (TPSA) is 210 Å². The van der Waals surface area contributed by atoms with Crippen molar-refractivity contribution in [3.63, 3.8) is 0 Å². The van der Waals surface area contributed by atoms with Gasteiger partial charge in [-0.2, -0.15) is 0 Å². The number of H-pyrrole nitrogens is 1. The van der Waals surface area contributed by atoms with Crippen LogP contribution in [0.1, 0.15) is 52.0 Å². The van der Waals surface area contributed by atoms with Crippen LogP contribution in [-0.4, -0.2) is 52.6 Å². The van der Waals surface area contributed by atoms with E-state index in [4.69, 9.17) is 39.4 Å². The van der Waals surface area contributed by atoms with Crippen molar-refractivity contribution >= 4 is 31.4 Å². The summed E-state index contributed by atoms with van der Waals surface area (Å²) in [5.74, 6) is -2.98. The molecule has 1 N–H and O–H groups in total. The van der Waals surface area contributed by atoms with E-state index in [1.165, 1.54) is 27.7 Å². The predicted molar refractivity (Wildman–Crippen MR) is 152 cm³/mol. The third-order valence-electron chi connectivity index (χ3n) is 6.66. The second-order valence-electron chi connectivity index (χ2n) is 10.6. The molecular weight excluding hydrogens is 625 g/mol. The van der Waals surface area contributed by atoms with E-state index in [-0.39, 0.29) is 6.61 Å². The van der Waals surface area contributed by atoms with E-state index in [0.29, 0.717) is 17.0 Å². The highest BCUT2D eigenvalue weighted by Gasteiger charge is 2.62. The van der Waals surface area contributed by atoms with Crippen LogP contribution >= 0.6 is 19.4 Å². The minimum absolute atomic E-state index is 0.0420. The molecule has 4 rings (SSSR count). The first-order chi connectivity index (χ1) is 20.8. The highest BCUT2D eigenvalue weighted by atomic mass is 35.5. The molecule has 0 bridgehead atoms. The number of nitrogens with zero attached hydrogens (tertiary/aromatic N) is 4. The maximum atomic E-state index is 13.7. The number of carbonyl (C=O) groups is 2. The molecule has 18 heteroatoms. The molecule has 44 heavy (non-hydrogen) atoms. The molecule has 238 valence electrons. The Labute approximate surface area is 255 Å². The average molecular weight is 656 g/mol. The standard InChI is InChI=1S/C26H31ClN5O11P/c1-14(2)23(34)40-20-21(41-24(35)15(3)4)26(30-31-28,42-22(20)32-10-8-19(33)29-25(32)36)13-39-44(37)38-11-9-18(43-44)16-6-5-7-17(27)12-16/h5-8,10,12,14-15,18,20-22H,9,11,13H2,1-4H3,(H,29,33,36)/t18-,20+,21-,22+,26+,44+/m0/s1. The van der Waals surface area contributed by atoms with Crippen molar-refractivity contribution in [2.24, 2.45) is 17.0 Å². The summed E-state index contributed by atoms with van der Waals surface area (Å²) in [4.78, 5) is 55.1. The number of azide groups is 1. The lowest BCUT2D eigenvalue weighted by molar-refractivity contribution is -0.177. The van der Waals surface area contributed by atoms with Crippen LogP contribution in [0, 0.1) is 11.8 Å². The lowest BCUT2D eigenvalue weighted by atomic mass is 10.0. The molecule has 2 fully saturated rings. The molecule has 2 aromatic rings. The Bertz CT molecular complexity index is 1610. The SMILES string of the molecule is CC(C)C(=O)O[C@H]1[C@H](n2ccc(=O)[nH]c2=O)O[C@@](CO[P@@]2(=O)OCC[C@@H](c3cccc(Cl)c3)O2)(N=[N+]=[N-])[C@H]1OC(=O)C(C)C. The summed E-state index contributed by atoms with van der Waals surface area (Å²) >= 11 is 6.10. The molecule has 2 aliphatic heterocycles. The van der Waals surface area contributed by atoms with Gasteiger partial charge in [-0.1, -0.05) is 56.5 Å². The summed E-state index contributed by atoms with van der Waals surface area (Å²) < 4.78 is 48.5. The number of aromatic amines is 1. The third kappa shape index (κ3) is 7.41. The Morgan fingerprint density at radius 2 is 1.91 bits per heavy atom. The summed E-state index contributed by atoms with van der Waals surface area (Å²) in [5.41, 5.74) is 6.11. The molecule has 0 saturated carbocycles. The Balaban J connectivity index is 1.75. The smallest absolute Gasteiger partial charge is 0.455 e. The quantitative estimate of drug-likeness (QED) is 0.126. The number of ether oxygens (including phenoxy) is 3. The molecule has 0 unspecified atom stereocenters. The van der Waals surface area contributed by atoms with Gasteiger partial charge in [-0.15, -0.1) is 0 Å². The summed E-state index contributed by atoms with van der Waals surface area (Å²) in [6.45, 7) is 5.19. The van der Waals surface area contributed by atoms with Gasteiger partial charge in [0, 0.05) is 28.6 Å². The summed E-state index contributed by atoms with van der Waals surface area (Å²) in [6.07, 6.45) is -4.34. The van der Waals surface area contributed by atoms with Crippen molar-refractivity contribution < 1.29 is 41.9 Å². The Hall–Kier alpha value is -3.49. The number of rotatable bonds is 10. The fraction of sp³-hybridized carbons (Fsp3) is 0.538. The number of esters is 2. The molecule has 6 atom stereocenters. The number of phosphoric ester groups is 1. The van der Waals surface area contributed by atoms with Crippen LogP contribution in [0.4, 0.5) is 0 Å².